The van der Waals surface area contributed by atoms with Crippen LogP contribution in [-0.2, 0) is 0 Å². The molecular weight excluding hydrogens is 428 g/mol. The molecule has 1 N–H and O–H groups in total. The van der Waals surface area contributed by atoms with Gasteiger partial charge in [-0.25, -0.2) is 0 Å². The van der Waals surface area contributed by atoms with Crippen LogP contribution in [0.1, 0.15) is 22.1 Å². The molecule has 4 rings (SSSR count). The van der Waals surface area contributed by atoms with Gasteiger partial charge in [0.1, 0.15) is 5.75 Å². The van der Waals surface area contributed by atoms with Gasteiger partial charge in [-0.15, -0.1) is 0 Å². The van der Waals surface area contributed by atoms with Gasteiger partial charge in [-0.1, -0.05) is 28.9 Å². The van der Waals surface area contributed by atoms with Crippen molar-refractivity contribution in [3.05, 3.63) is 70.9 Å². The van der Waals surface area contributed by atoms with Gasteiger partial charge in [-0.05, 0) is 49.0 Å². The molecule has 0 spiro atoms. The van der Waals surface area contributed by atoms with E-state index < -0.39 is 0 Å². The van der Waals surface area contributed by atoms with Crippen LogP contribution in [0.5, 0.6) is 5.75 Å². The van der Waals surface area contributed by atoms with E-state index in [0.717, 1.165) is 43.1 Å². The first-order valence-electron chi connectivity index (χ1n) is 10.6. The second-order valence-corrected chi connectivity index (χ2v) is 8.36. The van der Waals surface area contributed by atoms with E-state index in [-0.39, 0.29) is 17.6 Å². The van der Waals surface area contributed by atoms with Crippen LogP contribution in [-0.4, -0.2) is 67.7 Å². The van der Waals surface area contributed by atoms with E-state index in [1.807, 2.05) is 48.5 Å². The maximum absolute atomic E-state index is 12.8. The van der Waals surface area contributed by atoms with E-state index in [0.29, 0.717) is 17.3 Å². The van der Waals surface area contributed by atoms with Crippen LogP contribution in [0.3, 0.4) is 0 Å². The standard InChI is InChI=1S/C24H27ClN4O3/c1-28-11-13-29(14-12-28)22(17-3-7-19(25)8-4-17)16-26-24(30)21-15-23(32-27-21)18-5-9-20(31-2)10-6-18/h3-10,15,22H,11-14,16H2,1-2H3,(H,26,30)/t22-/m1/s1. The van der Waals surface area contributed by atoms with Crippen LogP contribution in [0.25, 0.3) is 11.3 Å². The maximum Gasteiger partial charge on any atom is 0.273 e. The lowest BCUT2D eigenvalue weighted by molar-refractivity contribution is 0.0878. The highest BCUT2D eigenvalue weighted by molar-refractivity contribution is 6.30. The summed E-state index contributed by atoms with van der Waals surface area (Å²) in [6.45, 7) is 4.32. The molecule has 2 heterocycles. The van der Waals surface area contributed by atoms with Gasteiger partial charge in [0.15, 0.2) is 11.5 Å². The van der Waals surface area contributed by atoms with Crippen molar-refractivity contribution >= 4 is 17.5 Å². The van der Waals surface area contributed by atoms with Crippen molar-refractivity contribution in [3.63, 3.8) is 0 Å². The number of hydrogen-bond acceptors (Lipinski definition) is 6. The number of benzene rings is 2. The van der Waals surface area contributed by atoms with Crippen LogP contribution in [0.15, 0.2) is 59.1 Å². The van der Waals surface area contributed by atoms with Crippen molar-refractivity contribution in [2.75, 3.05) is 46.9 Å². The van der Waals surface area contributed by atoms with Gasteiger partial charge in [-0.3, -0.25) is 9.69 Å². The number of amides is 1. The summed E-state index contributed by atoms with van der Waals surface area (Å²) >= 11 is 6.08. The Balaban J connectivity index is 1.45. The van der Waals surface area contributed by atoms with E-state index in [9.17, 15) is 4.79 Å². The van der Waals surface area contributed by atoms with Gasteiger partial charge >= 0.3 is 0 Å². The van der Waals surface area contributed by atoms with Crippen molar-refractivity contribution in [3.8, 4) is 17.1 Å². The molecule has 1 aromatic heterocycles. The molecule has 0 bridgehead atoms. The number of piperazine rings is 1. The molecule has 1 aliphatic rings. The second-order valence-electron chi connectivity index (χ2n) is 7.92. The van der Waals surface area contributed by atoms with Gasteiger partial charge in [0.2, 0.25) is 0 Å². The summed E-state index contributed by atoms with van der Waals surface area (Å²) in [6.07, 6.45) is 0. The number of nitrogens with zero attached hydrogens (tertiary/aromatic N) is 3. The highest BCUT2D eigenvalue weighted by atomic mass is 35.5. The summed E-state index contributed by atoms with van der Waals surface area (Å²) in [4.78, 5) is 17.5. The Hall–Kier alpha value is -2.87. The van der Waals surface area contributed by atoms with Gasteiger partial charge in [0.05, 0.1) is 13.2 Å². The summed E-state index contributed by atoms with van der Waals surface area (Å²) < 4.78 is 10.6. The van der Waals surface area contributed by atoms with E-state index in [1.54, 1.807) is 13.2 Å². The summed E-state index contributed by atoms with van der Waals surface area (Å²) in [5, 5.41) is 7.70. The normalized spacial score (nSPS) is 16.0. The topological polar surface area (TPSA) is 70.8 Å². The van der Waals surface area contributed by atoms with E-state index >= 15 is 0 Å². The number of halogens is 1. The second kappa shape index (κ2) is 10.2. The van der Waals surface area contributed by atoms with Crippen LogP contribution in [0, 0.1) is 0 Å². The molecule has 168 valence electrons. The molecule has 3 aromatic rings. The highest BCUT2D eigenvalue weighted by Crippen LogP contribution is 2.25. The van der Waals surface area contributed by atoms with Crippen molar-refractivity contribution < 1.29 is 14.1 Å². The fourth-order valence-electron chi connectivity index (χ4n) is 3.83. The third-order valence-electron chi connectivity index (χ3n) is 5.81. The van der Waals surface area contributed by atoms with Crippen molar-refractivity contribution in [2.45, 2.75) is 6.04 Å². The molecule has 1 saturated heterocycles. The number of likely N-dealkylation sites (N-methyl/N-ethyl adjacent to an activating group) is 1. The minimum Gasteiger partial charge on any atom is -0.497 e. The van der Waals surface area contributed by atoms with Gasteiger partial charge < -0.3 is 19.5 Å². The first kappa shape index (κ1) is 22.3. The zero-order chi connectivity index (χ0) is 22.5. The summed E-state index contributed by atoms with van der Waals surface area (Å²) in [6, 6.07) is 16.9. The number of nitrogens with one attached hydrogen (secondary N) is 1. The predicted molar refractivity (Wildman–Crippen MR) is 124 cm³/mol. The molecule has 0 aliphatic carbocycles. The van der Waals surface area contributed by atoms with E-state index in [2.05, 4.69) is 27.3 Å². The lowest BCUT2D eigenvalue weighted by atomic mass is 10.0. The molecule has 0 radical (unpaired) electrons. The molecule has 1 amide bonds. The van der Waals surface area contributed by atoms with Crippen LogP contribution < -0.4 is 10.1 Å². The lowest BCUT2D eigenvalue weighted by Gasteiger charge is -2.38. The summed E-state index contributed by atoms with van der Waals surface area (Å²) in [5.41, 5.74) is 2.20. The largest absolute Gasteiger partial charge is 0.497 e. The summed E-state index contributed by atoms with van der Waals surface area (Å²) in [7, 11) is 3.74. The Morgan fingerprint density at radius 1 is 1.12 bits per heavy atom. The Bertz CT molecular complexity index is 1030. The Morgan fingerprint density at radius 2 is 1.81 bits per heavy atom. The minimum absolute atomic E-state index is 0.0536. The fraction of sp³-hybridized carbons (Fsp3) is 0.333. The molecule has 0 saturated carbocycles. The SMILES string of the molecule is COc1ccc(-c2cc(C(=O)NC[C@H](c3ccc(Cl)cc3)N3CCN(C)CC3)no2)cc1. The van der Waals surface area contributed by atoms with Crippen LogP contribution >= 0.6 is 11.6 Å². The number of carbonyl (C=O) groups is 1. The van der Waals surface area contributed by atoms with Crippen molar-refractivity contribution in [1.29, 1.82) is 0 Å². The predicted octanol–water partition coefficient (Wildman–Crippen LogP) is 3.72. The molecule has 1 aliphatic heterocycles. The first-order chi connectivity index (χ1) is 15.5. The molecule has 2 aromatic carbocycles. The maximum atomic E-state index is 12.8. The third kappa shape index (κ3) is 5.30. The minimum atomic E-state index is -0.262. The first-order valence-corrected chi connectivity index (χ1v) is 11.0. The zero-order valence-corrected chi connectivity index (χ0v) is 19.0. The van der Waals surface area contributed by atoms with Gasteiger partial charge in [0, 0.05) is 49.4 Å². The Labute approximate surface area is 192 Å². The number of methoxy groups -OCH3 is 1. The molecule has 8 heteroatoms. The Kier molecular flexibility index (Phi) is 7.09. The molecule has 1 atom stereocenters. The average molecular weight is 455 g/mol. The van der Waals surface area contributed by atoms with Gasteiger partial charge in [0.25, 0.3) is 5.91 Å². The number of carbonyl (C=O) groups excluding carboxylic acids is 1. The number of aromatic nitrogens is 1. The molecule has 1 fully saturated rings. The molecule has 0 unspecified atom stereocenters. The van der Waals surface area contributed by atoms with Crippen LogP contribution in [0.2, 0.25) is 5.02 Å². The summed E-state index contributed by atoms with van der Waals surface area (Å²) in [5.74, 6) is 1.02. The number of hydrogen-bond donors (Lipinski definition) is 1. The lowest BCUT2D eigenvalue weighted by Crippen LogP contribution is -2.48. The van der Waals surface area contributed by atoms with E-state index in [4.69, 9.17) is 20.9 Å². The van der Waals surface area contributed by atoms with Gasteiger partial charge in [-0.2, -0.15) is 0 Å². The molecule has 7 nitrogen and oxygen atoms in total. The number of rotatable bonds is 7. The number of ether oxygens (including phenoxy) is 1. The fourth-order valence-corrected chi connectivity index (χ4v) is 3.96. The third-order valence-corrected chi connectivity index (χ3v) is 6.06. The quantitative estimate of drug-likeness (QED) is 0.586. The zero-order valence-electron chi connectivity index (χ0n) is 18.3. The van der Waals surface area contributed by atoms with Crippen molar-refractivity contribution in [2.24, 2.45) is 0 Å². The average Bonchev–Trinajstić information content (AvgIpc) is 3.32. The van der Waals surface area contributed by atoms with Crippen molar-refractivity contribution in [1.82, 2.24) is 20.3 Å². The van der Waals surface area contributed by atoms with E-state index in [1.165, 1.54) is 0 Å². The molecular formula is C24H27ClN4O3. The smallest absolute Gasteiger partial charge is 0.273 e. The van der Waals surface area contributed by atoms with Crippen LogP contribution in [0.4, 0.5) is 0 Å². The molecule has 32 heavy (non-hydrogen) atoms. The highest BCUT2D eigenvalue weighted by Gasteiger charge is 2.25. The monoisotopic (exact) mass is 454 g/mol. The Morgan fingerprint density at radius 3 is 2.47 bits per heavy atom.